The van der Waals surface area contributed by atoms with Crippen LogP contribution in [0, 0.1) is 20.8 Å². The van der Waals surface area contributed by atoms with E-state index in [0.717, 1.165) is 16.7 Å². The van der Waals surface area contributed by atoms with Crippen molar-refractivity contribution in [2.75, 3.05) is 4.72 Å². The Bertz CT molecular complexity index is 1460. The number of aryl methyl sites for hydroxylation is 3. The van der Waals surface area contributed by atoms with Gasteiger partial charge in [-0.3, -0.25) is 4.72 Å². The maximum absolute atomic E-state index is 12.8. The van der Waals surface area contributed by atoms with Crippen LogP contribution in [0.25, 0.3) is 22.2 Å². The van der Waals surface area contributed by atoms with Gasteiger partial charge in [0, 0.05) is 16.6 Å². The van der Waals surface area contributed by atoms with Crippen LogP contribution >= 0.6 is 0 Å². The summed E-state index contributed by atoms with van der Waals surface area (Å²) in [6.07, 6.45) is 0. The topological polar surface area (TPSA) is 96.4 Å². The van der Waals surface area contributed by atoms with Crippen LogP contribution in [0.4, 0.5) is 5.69 Å². The summed E-state index contributed by atoms with van der Waals surface area (Å²) in [5.74, 6) is -1.04. The molecule has 0 saturated carbocycles. The summed E-state index contributed by atoms with van der Waals surface area (Å²) in [4.78, 5) is 16.8. The standard InChI is InChI=1S/C25H22N2O4S/c1-15-7-9-20(10-8-15)32(30,31)27-19-6-4-5-18(13-19)23-14-22(25(28)29)21-12-16(2)11-17(3)24(21)26-23/h4-14,27H,1-3H3,(H,28,29). The summed E-state index contributed by atoms with van der Waals surface area (Å²) < 4.78 is 28.1. The van der Waals surface area contributed by atoms with Gasteiger partial charge >= 0.3 is 5.97 Å². The number of carbonyl (C=O) groups is 1. The minimum absolute atomic E-state index is 0.155. The Kier molecular flexibility index (Phi) is 5.44. The van der Waals surface area contributed by atoms with Crippen molar-refractivity contribution in [3.05, 3.63) is 89.0 Å². The van der Waals surface area contributed by atoms with Crippen LogP contribution in [0.3, 0.4) is 0 Å². The second kappa shape index (κ2) is 8.09. The summed E-state index contributed by atoms with van der Waals surface area (Å²) in [5.41, 5.74) is 4.99. The molecule has 0 aliphatic heterocycles. The van der Waals surface area contributed by atoms with E-state index in [0.29, 0.717) is 27.8 Å². The normalized spacial score (nSPS) is 11.5. The summed E-state index contributed by atoms with van der Waals surface area (Å²) in [5, 5.41) is 10.3. The van der Waals surface area contributed by atoms with Crippen molar-refractivity contribution in [1.29, 1.82) is 0 Å². The zero-order chi connectivity index (χ0) is 23.0. The van der Waals surface area contributed by atoms with Crippen LogP contribution in [-0.4, -0.2) is 24.5 Å². The van der Waals surface area contributed by atoms with Gasteiger partial charge in [-0.2, -0.15) is 0 Å². The van der Waals surface area contributed by atoms with Crippen LogP contribution < -0.4 is 4.72 Å². The van der Waals surface area contributed by atoms with Crippen molar-refractivity contribution in [3.8, 4) is 11.3 Å². The predicted octanol–water partition coefficient (Wildman–Crippen LogP) is 5.33. The Morgan fingerprint density at radius 3 is 2.31 bits per heavy atom. The molecule has 3 aromatic carbocycles. The van der Waals surface area contributed by atoms with Crippen molar-refractivity contribution in [2.45, 2.75) is 25.7 Å². The third kappa shape index (κ3) is 4.20. The van der Waals surface area contributed by atoms with Gasteiger partial charge in [0.05, 0.1) is 21.7 Å². The fraction of sp³-hybridized carbons (Fsp3) is 0.120. The Balaban J connectivity index is 1.78. The highest BCUT2D eigenvalue weighted by Crippen LogP contribution is 2.29. The Labute approximate surface area is 186 Å². The number of carboxylic acids is 1. The highest BCUT2D eigenvalue weighted by molar-refractivity contribution is 7.92. The van der Waals surface area contributed by atoms with Gasteiger partial charge < -0.3 is 5.11 Å². The van der Waals surface area contributed by atoms with Crippen molar-refractivity contribution in [2.24, 2.45) is 0 Å². The summed E-state index contributed by atoms with van der Waals surface area (Å²) >= 11 is 0. The van der Waals surface area contributed by atoms with Gasteiger partial charge in [0.25, 0.3) is 10.0 Å². The van der Waals surface area contributed by atoms with Crippen LogP contribution in [0.1, 0.15) is 27.0 Å². The molecule has 162 valence electrons. The first-order valence-corrected chi connectivity index (χ1v) is 11.5. The fourth-order valence-corrected chi connectivity index (χ4v) is 4.73. The first kappa shape index (κ1) is 21.5. The molecule has 7 heteroatoms. The number of nitrogens with one attached hydrogen (secondary N) is 1. The molecule has 4 rings (SSSR count). The molecular weight excluding hydrogens is 424 g/mol. The molecule has 1 heterocycles. The van der Waals surface area contributed by atoms with E-state index in [4.69, 9.17) is 4.98 Å². The molecule has 0 aliphatic rings. The third-order valence-electron chi connectivity index (χ3n) is 5.22. The van der Waals surface area contributed by atoms with E-state index in [1.165, 1.54) is 6.07 Å². The van der Waals surface area contributed by atoms with E-state index in [2.05, 4.69) is 4.72 Å². The minimum atomic E-state index is -3.76. The highest BCUT2D eigenvalue weighted by Gasteiger charge is 2.17. The minimum Gasteiger partial charge on any atom is -0.478 e. The Morgan fingerprint density at radius 1 is 0.906 bits per heavy atom. The van der Waals surface area contributed by atoms with Gasteiger partial charge in [-0.15, -0.1) is 0 Å². The fourth-order valence-electron chi connectivity index (χ4n) is 3.68. The second-order valence-corrected chi connectivity index (χ2v) is 9.52. The zero-order valence-electron chi connectivity index (χ0n) is 17.9. The number of anilines is 1. The molecule has 0 aliphatic carbocycles. The molecule has 0 atom stereocenters. The van der Waals surface area contributed by atoms with Gasteiger partial charge in [-0.05, 0) is 62.7 Å². The maximum atomic E-state index is 12.8. The van der Waals surface area contributed by atoms with Gasteiger partial charge in [-0.1, -0.05) is 41.5 Å². The molecule has 2 N–H and O–H groups in total. The van der Waals surface area contributed by atoms with Gasteiger partial charge in [-0.25, -0.2) is 18.2 Å². The molecule has 0 fully saturated rings. The number of fused-ring (bicyclic) bond motifs is 1. The molecule has 6 nitrogen and oxygen atoms in total. The van der Waals surface area contributed by atoms with E-state index in [1.807, 2.05) is 32.9 Å². The molecule has 0 radical (unpaired) electrons. The quantitative estimate of drug-likeness (QED) is 0.432. The van der Waals surface area contributed by atoms with E-state index in [-0.39, 0.29) is 10.5 Å². The average Bonchev–Trinajstić information content (AvgIpc) is 2.73. The van der Waals surface area contributed by atoms with Gasteiger partial charge in [0.15, 0.2) is 0 Å². The number of aromatic nitrogens is 1. The highest BCUT2D eigenvalue weighted by atomic mass is 32.2. The van der Waals surface area contributed by atoms with Crippen LogP contribution in [-0.2, 0) is 10.0 Å². The number of sulfonamides is 1. The first-order valence-electron chi connectivity index (χ1n) is 9.99. The third-order valence-corrected chi connectivity index (χ3v) is 6.62. The van der Waals surface area contributed by atoms with Gasteiger partial charge in [0.2, 0.25) is 0 Å². The molecule has 0 bridgehead atoms. The van der Waals surface area contributed by atoms with Crippen molar-refractivity contribution < 1.29 is 18.3 Å². The summed E-state index contributed by atoms with van der Waals surface area (Å²) in [6.45, 7) is 5.69. The lowest BCUT2D eigenvalue weighted by Crippen LogP contribution is -2.12. The Morgan fingerprint density at radius 2 is 1.62 bits per heavy atom. The molecule has 1 aromatic heterocycles. The number of hydrogen-bond acceptors (Lipinski definition) is 4. The molecule has 32 heavy (non-hydrogen) atoms. The van der Waals surface area contributed by atoms with Gasteiger partial charge in [0.1, 0.15) is 0 Å². The lowest BCUT2D eigenvalue weighted by atomic mass is 10.00. The predicted molar refractivity (Wildman–Crippen MR) is 126 cm³/mol. The lowest BCUT2D eigenvalue weighted by molar-refractivity contribution is 0.0699. The Hall–Kier alpha value is -3.71. The SMILES string of the molecule is Cc1ccc(S(=O)(=O)Nc2cccc(-c3cc(C(=O)O)c4cc(C)cc(C)c4n3)c2)cc1. The smallest absolute Gasteiger partial charge is 0.336 e. The van der Waals surface area contributed by atoms with Crippen LogP contribution in [0.2, 0.25) is 0 Å². The summed E-state index contributed by atoms with van der Waals surface area (Å²) in [6, 6.07) is 18.6. The monoisotopic (exact) mass is 446 g/mol. The average molecular weight is 447 g/mol. The number of hydrogen-bond donors (Lipinski definition) is 2. The van der Waals surface area contributed by atoms with E-state index < -0.39 is 16.0 Å². The maximum Gasteiger partial charge on any atom is 0.336 e. The number of benzene rings is 3. The lowest BCUT2D eigenvalue weighted by Gasteiger charge is -2.12. The van der Waals surface area contributed by atoms with Crippen molar-refractivity contribution in [1.82, 2.24) is 4.98 Å². The molecule has 0 amide bonds. The molecule has 0 saturated heterocycles. The second-order valence-electron chi connectivity index (χ2n) is 7.84. The van der Waals surface area contributed by atoms with E-state index >= 15 is 0 Å². The number of pyridine rings is 1. The number of rotatable bonds is 5. The number of nitrogens with zero attached hydrogens (tertiary/aromatic N) is 1. The number of aromatic carboxylic acids is 1. The van der Waals surface area contributed by atoms with Crippen LogP contribution in [0.15, 0.2) is 71.6 Å². The van der Waals surface area contributed by atoms with Crippen LogP contribution in [0.5, 0.6) is 0 Å². The zero-order valence-corrected chi connectivity index (χ0v) is 18.7. The van der Waals surface area contributed by atoms with Crippen molar-refractivity contribution in [3.63, 3.8) is 0 Å². The first-order chi connectivity index (χ1) is 15.1. The molecule has 0 unspecified atom stereocenters. The largest absolute Gasteiger partial charge is 0.478 e. The molecule has 0 spiro atoms. The molecule has 4 aromatic rings. The molecular formula is C25H22N2O4S. The van der Waals surface area contributed by atoms with E-state index in [1.54, 1.807) is 48.5 Å². The van der Waals surface area contributed by atoms with Crippen molar-refractivity contribution >= 4 is 32.6 Å². The number of carboxylic acid groups (broad SMARTS) is 1. The van der Waals surface area contributed by atoms with E-state index in [9.17, 15) is 18.3 Å². The summed E-state index contributed by atoms with van der Waals surface area (Å²) in [7, 11) is -3.76.